The molecule has 1 aromatic rings. The third kappa shape index (κ3) is 3.22. The van der Waals surface area contributed by atoms with Crippen LogP contribution < -0.4 is 10.6 Å². The second-order valence-corrected chi connectivity index (χ2v) is 4.98. The molecular formula is C15H24N2. The first kappa shape index (κ1) is 12.4. The Labute approximate surface area is 105 Å². The highest BCUT2D eigenvalue weighted by Gasteiger charge is 2.09. The van der Waals surface area contributed by atoms with Crippen LogP contribution in [0.5, 0.6) is 0 Å². The van der Waals surface area contributed by atoms with Gasteiger partial charge in [0.15, 0.2) is 0 Å². The molecule has 0 saturated carbocycles. The van der Waals surface area contributed by atoms with Gasteiger partial charge in [0.1, 0.15) is 0 Å². The average molecular weight is 232 g/mol. The first-order valence-electron chi connectivity index (χ1n) is 6.89. The maximum absolute atomic E-state index is 3.57. The summed E-state index contributed by atoms with van der Waals surface area (Å²) in [6.07, 6.45) is 3.73. The number of hydrogen-bond donors (Lipinski definition) is 2. The third-order valence-electron chi connectivity index (χ3n) is 3.80. The Kier molecular flexibility index (Phi) is 4.43. The van der Waals surface area contributed by atoms with Gasteiger partial charge in [-0.05, 0) is 36.1 Å². The monoisotopic (exact) mass is 232 g/mol. The molecule has 17 heavy (non-hydrogen) atoms. The molecule has 1 aliphatic rings. The molecule has 0 radical (unpaired) electrons. The average Bonchev–Trinajstić information content (AvgIpc) is 2.82. The van der Waals surface area contributed by atoms with Crippen molar-refractivity contribution >= 4 is 5.69 Å². The molecule has 2 rings (SSSR count). The zero-order valence-corrected chi connectivity index (χ0v) is 11.1. The summed E-state index contributed by atoms with van der Waals surface area (Å²) in [5.74, 6) is 0.825. The van der Waals surface area contributed by atoms with E-state index in [1.165, 1.54) is 36.1 Å². The smallest absolute Gasteiger partial charge is 0.0373 e. The molecule has 94 valence electrons. The predicted octanol–water partition coefficient (Wildman–Crippen LogP) is 3.18. The highest BCUT2D eigenvalue weighted by atomic mass is 14.9. The standard InChI is InChI=1S/C15H24N2/c1-3-12(4-2)10-16-11-13-5-6-15-14(9-13)7-8-17-15/h5-6,9,12,16-17H,3-4,7-8,10-11H2,1-2H3. The van der Waals surface area contributed by atoms with Crippen LogP contribution >= 0.6 is 0 Å². The lowest BCUT2D eigenvalue weighted by Crippen LogP contribution is -2.21. The Morgan fingerprint density at radius 1 is 1.29 bits per heavy atom. The van der Waals surface area contributed by atoms with Gasteiger partial charge in [-0.2, -0.15) is 0 Å². The van der Waals surface area contributed by atoms with Crippen molar-refractivity contribution in [2.24, 2.45) is 5.92 Å². The van der Waals surface area contributed by atoms with E-state index in [2.05, 4.69) is 42.7 Å². The van der Waals surface area contributed by atoms with Crippen LogP contribution in [0.15, 0.2) is 18.2 Å². The van der Waals surface area contributed by atoms with Gasteiger partial charge in [-0.1, -0.05) is 38.8 Å². The predicted molar refractivity (Wildman–Crippen MR) is 74.4 cm³/mol. The molecule has 2 heteroatoms. The zero-order valence-electron chi connectivity index (χ0n) is 11.1. The van der Waals surface area contributed by atoms with Gasteiger partial charge in [0.25, 0.3) is 0 Å². The molecule has 0 spiro atoms. The summed E-state index contributed by atoms with van der Waals surface area (Å²) in [5, 5.41) is 6.97. The molecule has 0 aromatic heterocycles. The molecule has 1 aliphatic heterocycles. The van der Waals surface area contributed by atoms with Crippen molar-refractivity contribution in [1.29, 1.82) is 0 Å². The fourth-order valence-electron chi connectivity index (χ4n) is 2.47. The Hall–Kier alpha value is -1.02. The van der Waals surface area contributed by atoms with Crippen molar-refractivity contribution in [3.8, 4) is 0 Å². The molecule has 0 unspecified atom stereocenters. The van der Waals surface area contributed by atoms with Crippen LogP contribution in [-0.2, 0) is 13.0 Å². The van der Waals surface area contributed by atoms with Crippen LogP contribution in [0.2, 0.25) is 0 Å². The van der Waals surface area contributed by atoms with E-state index < -0.39 is 0 Å². The lowest BCUT2D eigenvalue weighted by Gasteiger charge is -2.13. The van der Waals surface area contributed by atoms with Gasteiger partial charge < -0.3 is 10.6 Å². The number of hydrogen-bond acceptors (Lipinski definition) is 2. The molecule has 0 aliphatic carbocycles. The van der Waals surface area contributed by atoms with E-state index in [1.807, 2.05) is 0 Å². The summed E-state index contributed by atoms with van der Waals surface area (Å²) < 4.78 is 0. The Morgan fingerprint density at radius 3 is 2.88 bits per heavy atom. The van der Waals surface area contributed by atoms with E-state index in [9.17, 15) is 0 Å². The van der Waals surface area contributed by atoms with Crippen molar-refractivity contribution in [3.05, 3.63) is 29.3 Å². The maximum Gasteiger partial charge on any atom is 0.0373 e. The van der Waals surface area contributed by atoms with Crippen molar-refractivity contribution < 1.29 is 0 Å². The van der Waals surface area contributed by atoms with Gasteiger partial charge in [-0.15, -0.1) is 0 Å². The molecular weight excluding hydrogens is 208 g/mol. The van der Waals surface area contributed by atoms with Gasteiger partial charge in [0, 0.05) is 18.8 Å². The minimum atomic E-state index is 0.825. The van der Waals surface area contributed by atoms with E-state index in [1.54, 1.807) is 0 Å². The van der Waals surface area contributed by atoms with E-state index in [0.29, 0.717) is 0 Å². The fraction of sp³-hybridized carbons (Fsp3) is 0.600. The van der Waals surface area contributed by atoms with Gasteiger partial charge in [0.2, 0.25) is 0 Å². The Morgan fingerprint density at radius 2 is 2.12 bits per heavy atom. The topological polar surface area (TPSA) is 24.1 Å². The molecule has 0 atom stereocenters. The minimum Gasteiger partial charge on any atom is -0.384 e. The minimum absolute atomic E-state index is 0.825. The molecule has 0 saturated heterocycles. The first-order valence-corrected chi connectivity index (χ1v) is 6.89. The van der Waals surface area contributed by atoms with Crippen LogP contribution in [-0.4, -0.2) is 13.1 Å². The Balaban J connectivity index is 1.83. The van der Waals surface area contributed by atoms with E-state index in [4.69, 9.17) is 0 Å². The van der Waals surface area contributed by atoms with E-state index in [-0.39, 0.29) is 0 Å². The van der Waals surface area contributed by atoms with Crippen molar-refractivity contribution in [2.45, 2.75) is 39.7 Å². The van der Waals surface area contributed by atoms with Crippen molar-refractivity contribution in [1.82, 2.24) is 5.32 Å². The Bertz CT molecular complexity index is 356. The van der Waals surface area contributed by atoms with Crippen LogP contribution in [0, 0.1) is 5.92 Å². The molecule has 1 aromatic carbocycles. The lowest BCUT2D eigenvalue weighted by atomic mass is 10.0. The number of nitrogens with one attached hydrogen (secondary N) is 2. The van der Waals surface area contributed by atoms with Crippen LogP contribution in [0.1, 0.15) is 37.8 Å². The summed E-state index contributed by atoms with van der Waals surface area (Å²) in [6, 6.07) is 6.79. The fourth-order valence-corrected chi connectivity index (χ4v) is 2.47. The second kappa shape index (κ2) is 6.06. The summed E-state index contributed by atoms with van der Waals surface area (Å²) in [5.41, 5.74) is 4.22. The maximum atomic E-state index is 3.57. The zero-order chi connectivity index (χ0) is 12.1. The van der Waals surface area contributed by atoms with Gasteiger partial charge in [-0.25, -0.2) is 0 Å². The van der Waals surface area contributed by atoms with Gasteiger partial charge in [0.05, 0.1) is 0 Å². The molecule has 2 N–H and O–H groups in total. The van der Waals surface area contributed by atoms with Crippen LogP contribution in [0.4, 0.5) is 5.69 Å². The number of rotatable bonds is 6. The lowest BCUT2D eigenvalue weighted by molar-refractivity contribution is 0.449. The van der Waals surface area contributed by atoms with Crippen molar-refractivity contribution in [2.75, 3.05) is 18.4 Å². The summed E-state index contributed by atoms with van der Waals surface area (Å²) in [4.78, 5) is 0. The number of benzene rings is 1. The molecule has 1 heterocycles. The molecule has 0 amide bonds. The van der Waals surface area contributed by atoms with Crippen LogP contribution in [0.3, 0.4) is 0 Å². The number of anilines is 1. The second-order valence-electron chi connectivity index (χ2n) is 4.98. The first-order chi connectivity index (χ1) is 8.33. The van der Waals surface area contributed by atoms with E-state index in [0.717, 1.165) is 25.6 Å². The highest BCUT2D eigenvalue weighted by Crippen LogP contribution is 2.22. The van der Waals surface area contributed by atoms with Gasteiger partial charge >= 0.3 is 0 Å². The van der Waals surface area contributed by atoms with Crippen molar-refractivity contribution in [3.63, 3.8) is 0 Å². The molecule has 0 bridgehead atoms. The van der Waals surface area contributed by atoms with Gasteiger partial charge in [-0.3, -0.25) is 0 Å². The van der Waals surface area contributed by atoms with Crippen LogP contribution in [0.25, 0.3) is 0 Å². The molecule has 0 fully saturated rings. The summed E-state index contributed by atoms with van der Waals surface area (Å²) in [7, 11) is 0. The normalized spacial score (nSPS) is 13.8. The third-order valence-corrected chi connectivity index (χ3v) is 3.80. The van der Waals surface area contributed by atoms with E-state index >= 15 is 0 Å². The SMILES string of the molecule is CCC(CC)CNCc1ccc2c(c1)CCN2. The highest BCUT2D eigenvalue weighted by molar-refractivity contribution is 5.56. The molecule has 2 nitrogen and oxygen atoms in total. The largest absolute Gasteiger partial charge is 0.384 e. The number of fused-ring (bicyclic) bond motifs is 1. The quantitative estimate of drug-likeness (QED) is 0.787. The summed E-state index contributed by atoms with van der Waals surface area (Å²) in [6.45, 7) is 7.79. The summed E-state index contributed by atoms with van der Waals surface area (Å²) >= 11 is 0.